The molecule has 0 aliphatic heterocycles. The molecule has 2 heteroatoms. The fourth-order valence-electron chi connectivity index (χ4n) is 1.66. The maximum atomic E-state index is 8.93. The molecule has 14 heavy (non-hydrogen) atoms. The van der Waals surface area contributed by atoms with E-state index in [0.717, 1.165) is 5.02 Å². The number of aliphatic hydroxyl groups is 1. The number of hydrogen-bond acceptors (Lipinski definition) is 1. The van der Waals surface area contributed by atoms with E-state index in [2.05, 4.69) is 0 Å². The van der Waals surface area contributed by atoms with Crippen LogP contribution < -0.4 is 0 Å². The molecule has 0 heterocycles. The van der Waals surface area contributed by atoms with E-state index in [-0.39, 0.29) is 6.61 Å². The molecule has 74 valence electrons. The van der Waals surface area contributed by atoms with Crippen molar-refractivity contribution in [3.8, 4) is 0 Å². The Kier molecular flexibility index (Phi) is 2.90. The number of halogens is 1. The lowest BCUT2D eigenvalue weighted by atomic mass is 10.0. The standard InChI is InChI=1S/C12H13ClO/c13-11-5-3-10(4-6-11)12(7-8-14)9-1-2-9/h3-7,9,14H,1-2,8H2/b12-7-. The molecule has 0 atom stereocenters. The van der Waals surface area contributed by atoms with E-state index in [9.17, 15) is 0 Å². The minimum absolute atomic E-state index is 0.120. The summed E-state index contributed by atoms with van der Waals surface area (Å²) in [6.07, 6.45) is 4.39. The number of allylic oxidation sites excluding steroid dienone is 1. The molecule has 0 spiro atoms. The Balaban J connectivity index is 2.26. The van der Waals surface area contributed by atoms with Crippen molar-refractivity contribution in [1.82, 2.24) is 0 Å². The molecular weight excluding hydrogens is 196 g/mol. The second kappa shape index (κ2) is 4.16. The van der Waals surface area contributed by atoms with Crippen molar-refractivity contribution in [3.63, 3.8) is 0 Å². The summed E-state index contributed by atoms with van der Waals surface area (Å²) < 4.78 is 0. The first kappa shape index (κ1) is 9.75. The molecule has 1 aromatic carbocycles. The summed E-state index contributed by atoms with van der Waals surface area (Å²) in [5.41, 5.74) is 2.45. The second-order valence-electron chi connectivity index (χ2n) is 3.62. The van der Waals surface area contributed by atoms with Crippen molar-refractivity contribution >= 4 is 17.2 Å². The Labute approximate surface area is 89.0 Å². The molecular formula is C12H13ClO. The van der Waals surface area contributed by atoms with Gasteiger partial charge >= 0.3 is 0 Å². The smallest absolute Gasteiger partial charge is 0.0618 e. The zero-order chi connectivity index (χ0) is 9.97. The maximum absolute atomic E-state index is 8.93. The Hall–Kier alpha value is -0.790. The van der Waals surface area contributed by atoms with Crippen LogP contribution in [-0.2, 0) is 0 Å². The fourth-order valence-corrected chi connectivity index (χ4v) is 1.78. The lowest BCUT2D eigenvalue weighted by molar-refractivity contribution is 0.343. The average Bonchev–Trinajstić information content (AvgIpc) is 2.99. The highest BCUT2D eigenvalue weighted by Crippen LogP contribution is 2.41. The van der Waals surface area contributed by atoms with Crippen LogP contribution in [0.25, 0.3) is 5.57 Å². The van der Waals surface area contributed by atoms with Gasteiger partial charge in [-0.05, 0) is 42.0 Å². The molecule has 1 N–H and O–H groups in total. The first-order valence-corrected chi connectivity index (χ1v) is 5.26. The van der Waals surface area contributed by atoms with Gasteiger partial charge in [-0.25, -0.2) is 0 Å². The first-order chi connectivity index (χ1) is 6.81. The molecule has 0 bridgehead atoms. The topological polar surface area (TPSA) is 20.2 Å². The maximum Gasteiger partial charge on any atom is 0.0618 e. The molecule has 1 aliphatic carbocycles. The molecule has 0 unspecified atom stereocenters. The molecule has 1 saturated carbocycles. The van der Waals surface area contributed by atoms with Crippen LogP contribution in [0.1, 0.15) is 18.4 Å². The lowest BCUT2D eigenvalue weighted by Crippen LogP contribution is -1.88. The van der Waals surface area contributed by atoms with Crippen LogP contribution in [0.5, 0.6) is 0 Å². The summed E-state index contributed by atoms with van der Waals surface area (Å²) >= 11 is 5.82. The highest BCUT2D eigenvalue weighted by atomic mass is 35.5. The van der Waals surface area contributed by atoms with Gasteiger partial charge in [-0.2, -0.15) is 0 Å². The van der Waals surface area contributed by atoms with E-state index in [1.165, 1.54) is 24.0 Å². The number of hydrogen-bond donors (Lipinski definition) is 1. The minimum atomic E-state index is 0.120. The van der Waals surface area contributed by atoms with Crippen LogP contribution in [0.3, 0.4) is 0 Å². The van der Waals surface area contributed by atoms with E-state index >= 15 is 0 Å². The van der Waals surface area contributed by atoms with Gasteiger partial charge in [-0.3, -0.25) is 0 Å². The van der Waals surface area contributed by atoms with Gasteiger partial charge in [0.15, 0.2) is 0 Å². The van der Waals surface area contributed by atoms with Crippen molar-refractivity contribution in [2.75, 3.05) is 6.61 Å². The molecule has 1 fully saturated rings. The van der Waals surface area contributed by atoms with E-state index in [0.29, 0.717) is 5.92 Å². The molecule has 1 aromatic rings. The van der Waals surface area contributed by atoms with Crippen molar-refractivity contribution in [3.05, 3.63) is 40.9 Å². The Bertz CT molecular complexity index is 336. The predicted octanol–water partition coefficient (Wildman–Crippen LogP) is 3.13. The van der Waals surface area contributed by atoms with Crippen LogP contribution in [0.4, 0.5) is 0 Å². The molecule has 1 aliphatic rings. The fraction of sp³-hybridized carbons (Fsp3) is 0.333. The normalized spacial score (nSPS) is 17.1. The van der Waals surface area contributed by atoms with Crippen molar-refractivity contribution in [2.24, 2.45) is 5.92 Å². The third kappa shape index (κ3) is 2.17. The number of benzene rings is 1. The van der Waals surface area contributed by atoms with Gasteiger partial charge in [0.25, 0.3) is 0 Å². The summed E-state index contributed by atoms with van der Waals surface area (Å²) in [6.45, 7) is 0.120. The average molecular weight is 209 g/mol. The monoisotopic (exact) mass is 208 g/mol. The number of aliphatic hydroxyl groups excluding tert-OH is 1. The van der Waals surface area contributed by atoms with E-state index in [1.807, 2.05) is 30.3 Å². The molecule has 0 aromatic heterocycles. The van der Waals surface area contributed by atoms with Gasteiger partial charge in [-0.1, -0.05) is 29.8 Å². The van der Waals surface area contributed by atoms with Crippen LogP contribution in [0.15, 0.2) is 30.3 Å². The highest BCUT2D eigenvalue weighted by Gasteiger charge is 2.26. The van der Waals surface area contributed by atoms with Crippen molar-refractivity contribution in [2.45, 2.75) is 12.8 Å². The highest BCUT2D eigenvalue weighted by molar-refractivity contribution is 6.30. The van der Waals surface area contributed by atoms with Crippen molar-refractivity contribution in [1.29, 1.82) is 0 Å². The zero-order valence-corrected chi connectivity index (χ0v) is 8.67. The Morgan fingerprint density at radius 3 is 2.50 bits per heavy atom. The summed E-state index contributed by atoms with van der Waals surface area (Å²) in [5.74, 6) is 0.656. The van der Waals surface area contributed by atoms with Gasteiger partial charge in [0.1, 0.15) is 0 Å². The molecule has 2 rings (SSSR count). The van der Waals surface area contributed by atoms with Gasteiger partial charge in [0.05, 0.1) is 6.61 Å². The van der Waals surface area contributed by atoms with Crippen molar-refractivity contribution < 1.29 is 5.11 Å². The van der Waals surface area contributed by atoms with Crippen LogP contribution >= 0.6 is 11.6 Å². The summed E-state index contributed by atoms with van der Waals surface area (Å²) in [5, 5.41) is 9.68. The van der Waals surface area contributed by atoms with Crippen LogP contribution in [0.2, 0.25) is 5.02 Å². The first-order valence-electron chi connectivity index (χ1n) is 4.88. The Morgan fingerprint density at radius 1 is 1.36 bits per heavy atom. The van der Waals surface area contributed by atoms with Crippen LogP contribution in [-0.4, -0.2) is 11.7 Å². The molecule has 0 amide bonds. The zero-order valence-electron chi connectivity index (χ0n) is 7.91. The van der Waals surface area contributed by atoms with Gasteiger partial charge in [0.2, 0.25) is 0 Å². The summed E-state index contributed by atoms with van der Waals surface area (Å²) in [6, 6.07) is 7.82. The summed E-state index contributed by atoms with van der Waals surface area (Å²) in [7, 11) is 0. The minimum Gasteiger partial charge on any atom is -0.392 e. The molecule has 0 radical (unpaired) electrons. The third-order valence-electron chi connectivity index (χ3n) is 2.51. The lowest BCUT2D eigenvalue weighted by Gasteiger charge is -2.05. The van der Waals surface area contributed by atoms with Gasteiger partial charge < -0.3 is 5.11 Å². The molecule has 0 saturated heterocycles. The Morgan fingerprint density at radius 2 is 2.00 bits per heavy atom. The third-order valence-corrected chi connectivity index (χ3v) is 2.76. The largest absolute Gasteiger partial charge is 0.392 e. The predicted molar refractivity (Wildman–Crippen MR) is 59.2 cm³/mol. The second-order valence-corrected chi connectivity index (χ2v) is 4.06. The molecule has 1 nitrogen and oxygen atoms in total. The van der Waals surface area contributed by atoms with E-state index in [4.69, 9.17) is 16.7 Å². The summed E-state index contributed by atoms with van der Waals surface area (Å²) in [4.78, 5) is 0. The van der Waals surface area contributed by atoms with Gasteiger partial charge in [0, 0.05) is 5.02 Å². The van der Waals surface area contributed by atoms with Gasteiger partial charge in [-0.15, -0.1) is 0 Å². The van der Waals surface area contributed by atoms with E-state index < -0.39 is 0 Å². The SMILES string of the molecule is OC/C=C(\c1ccc(Cl)cc1)C1CC1. The quantitative estimate of drug-likeness (QED) is 0.809. The van der Waals surface area contributed by atoms with Crippen LogP contribution in [0, 0.1) is 5.92 Å². The van der Waals surface area contributed by atoms with E-state index in [1.54, 1.807) is 0 Å². The number of rotatable bonds is 3.